The molecule has 0 saturated carbocycles. The van der Waals surface area contributed by atoms with Crippen molar-refractivity contribution in [3.63, 3.8) is 0 Å². The third kappa shape index (κ3) is 3.94. The summed E-state index contributed by atoms with van der Waals surface area (Å²) in [6.45, 7) is 3.53. The largest absolute Gasteiger partial charge is 0.349 e. The number of rotatable bonds is 5. The molecule has 5 rings (SSSR count). The van der Waals surface area contributed by atoms with Gasteiger partial charge in [-0.1, -0.05) is 59.8 Å². The molecule has 0 unspecified atom stereocenters. The number of hydrogen-bond acceptors (Lipinski definition) is 5. The summed E-state index contributed by atoms with van der Waals surface area (Å²) in [5.41, 5.74) is 4.03. The maximum absolute atomic E-state index is 12.7. The highest BCUT2D eigenvalue weighted by Gasteiger charge is 2.32. The second kappa shape index (κ2) is 8.31. The molecule has 3 heterocycles. The Morgan fingerprint density at radius 3 is 2.71 bits per heavy atom. The zero-order chi connectivity index (χ0) is 21.2. The van der Waals surface area contributed by atoms with E-state index in [0.29, 0.717) is 13.1 Å². The van der Waals surface area contributed by atoms with Crippen molar-refractivity contribution in [2.45, 2.75) is 25.6 Å². The second-order valence-corrected chi connectivity index (χ2v) is 7.96. The third-order valence-electron chi connectivity index (χ3n) is 5.95. The van der Waals surface area contributed by atoms with Crippen LogP contribution in [0.5, 0.6) is 0 Å². The summed E-state index contributed by atoms with van der Waals surface area (Å²) in [5, 5.41) is 13.9. The Balaban J connectivity index is 1.20. The van der Waals surface area contributed by atoms with Gasteiger partial charge < -0.3 is 10.6 Å². The Kier molecular flexibility index (Phi) is 5.21. The molecular weight excluding hydrogens is 392 g/mol. The van der Waals surface area contributed by atoms with Crippen LogP contribution in [0.2, 0.25) is 0 Å². The third-order valence-corrected chi connectivity index (χ3v) is 5.95. The standard InChI is InChI=1S/C23H24N6O2/c30-22(24-11-13-28-12-10-16-6-4-5-9-18(16)14-28)20-21-23(31)25-19(15-29(21)27-26-20)17-7-2-1-3-8-17/h1-9,19H,10-15H2,(H,24,30)(H,25,31)/t19-/m1/s1. The van der Waals surface area contributed by atoms with E-state index in [1.807, 2.05) is 30.3 Å². The number of benzene rings is 2. The second-order valence-electron chi connectivity index (χ2n) is 7.96. The molecule has 0 spiro atoms. The van der Waals surface area contributed by atoms with Gasteiger partial charge in [0.05, 0.1) is 12.6 Å². The highest BCUT2D eigenvalue weighted by Crippen LogP contribution is 2.22. The van der Waals surface area contributed by atoms with Crippen LogP contribution in [0.15, 0.2) is 54.6 Å². The summed E-state index contributed by atoms with van der Waals surface area (Å²) in [6.07, 6.45) is 1.02. The number of carbonyl (C=O) groups is 2. The van der Waals surface area contributed by atoms with E-state index < -0.39 is 0 Å². The minimum Gasteiger partial charge on any atom is -0.349 e. The van der Waals surface area contributed by atoms with Crippen molar-refractivity contribution in [2.75, 3.05) is 19.6 Å². The molecule has 2 aliphatic rings. The molecule has 2 amide bonds. The first-order chi connectivity index (χ1) is 15.2. The topological polar surface area (TPSA) is 92.2 Å². The van der Waals surface area contributed by atoms with Crippen molar-refractivity contribution in [3.8, 4) is 0 Å². The highest BCUT2D eigenvalue weighted by molar-refractivity contribution is 6.05. The molecule has 8 nitrogen and oxygen atoms in total. The number of amides is 2. The number of aromatic nitrogens is 3. The van der Waals surface area contributed by atoms with E-state index in [1.165, 1.54) is 15.8 Å². The zero-order valence-corrected chi connectivity index (χ0v) is 17.1. The van der Waals surface area contributed by atoms with Gasteiger partial charge >= 0.3 is 0 Å². The Morgan fingerprint density at radius 1 is 1.10 bits per heavy atom. The molecule has 8 heteroatoms. The number of hydrogen-bond donors (Lipinski definition) is 2. The van der Waals surface area contributed by atoms with Crippen molar-refractivity contribution in [1.82, 2.24) is 30.5 Å². The number of carbonyl (C=O) groups excluding carboxylic acids is 2. The summed E-state index contributed by atoms with van der Waals surface area (Å²) in [5.74, 6) is -0.699. The molecule has 1 atom stereocenters. The molecule has 0 aliphatic carbocycles. The van der Waals surface area contributed by atoms with Crippen LogP contribution in [0.3, 0.4) is 0 Å². The van der Waals surface area contributed by atoms with Gasteiger partial charge in [0.2, 0.25) is 0 Å². The fourth-order valence-corrected chi connectivity index (χ4v) is 4.29. The lowest BCUT2D eigenvalue weighted by Crippen LogP contribution is -2.41. The quantitative estimate of drug-likeness (QED) is 0.659. The van der Waals surface area contributed by atoms with Crippen molar-refractivity contribution in [1.29, 1.82) is 0 Å². The summed E-state index contributed by atoms with van der Waals surface area (Å²) < 4.78 is 1.52. The van der Waals surface area contributed by atoms with Gasteiger partial charge in [0, 0.05) is 26.2 Å². The van der Waals surface area contributed by atoms with E-state index in [-0.39, 0.29) is 29.2 Å². The van der Waals surface area contributed by atoms with Crippen LogP contribution in [0.25, 0.3) is 0 Å². The van der Waals surface area contributed by atoms with Gasteiger partial charge in [-0.25, -0.2) is 4.68 Å². The average molecular weight is 416 g/mol. The molecule has 2 aromatic carbocycles. The van der Waals surface area contributed by atoms with Gasteiger partial charge in [-0.3, -0.25) is 14.5 Å². The lowest BCUT2D eigenvalue weighted by Gasteiger charge is -2.28. The molecule has 2 aliphatic heterocycles. The zero-order valence-electron chi connectivity index (χ0n) is 17.1. The molecule has 2 N–H and O–H groups in total. The van der Waals surface area contributed by atoms with E-state index in [9.17, 15) is 9.59 Å². The average Bonchev–Trinajstić information content (AvgIpc) is 3.24. The maximum atomic E-state index is 12.7. The van der Waals surface area contributed by atoms with Crippen molar-refractivity contribution in [3.05, 3.63) is 82.7 Å². The first-order valence-corrected chi connectivity index (χ1v) is 10.6. The van der Waals surface area contributed by atoms with Crippen LogP contribution < -0.4 is 10.6 Å². The SMILES string of the molecule is O=C(NCCN1CCc2ccccc2C1)c1nnn2c1C(=O)N[C@@H](c1ccccc1)C2. The molecule has 0 radical (unpaired) electrons. The van der Waals surface area contributed by atoms with Gasteiger partial charge in [0.25, 0.3) is 11.8 Å². The summed E-state index contributed by atoms with van der Waals surface area (Å²) in [6, 6.07) is 18.0. The van der Waals surface area contributed by atoms with Crippen LogP contribution in [0, 0.1) is 0 Å². The van der Waals surface area contributed by atoms with Crippen LogP contribution in [-0.2, 0) is 19.5 Å². The lowest BCUT2D eigenvalue weighted by molar-refractivity contribution is 0.0875. The van der Waals surface area contributed by atoms with Crippen LogP contribution in [0.1, 0.15) is 43.7 Å². The smallest absolute Gasteiger partial charge is 0.274 e. The lowest BCUT2D eigenvalue weighted by atomic mass is 10.00. The molecule has 3 aromatic rings. The van der Waals surface area contributed by atoms with Gasteiger partial charge in [0.1, 0.15) is 0 Å². The predicted molar refractivity (Wildman–Crippen MR) is 114 cm³/mol. The normalized spacial score (nSPS) is 18.1. The molecule has 158 valence electrons. The van der Waals surface area contributed by atoms with Gasteiger partial charge in [-0.2, -0.15) is 0 Å². The number of nitrogens with one attached hydrogen (secondary N) is 2. The summed E-state index contributed by atoms with van der Waals surface area (Å²) in [7, 11) is 0. The summed E-state index contributed by atoms with van der Waals surface area (Å²) >= 11 is 0. The van der Waals surface area contributed by atoms with Crippen molar-refractivity contribution >= 4 is 11.8 Å². The molecule has 1 aromatic heterocycles. The Hall–Kier alpha value is -3.52. The molecule has 0 bridgehead atoms. The fraction of sp³-hybridized carbons (Fsp3) is 0.304. The van der Waals surface area contributed by atoms with Crippen LogP contribution >= 0.6 is 0 Å². The maximum Gasteiger partial charge on any atom is 0.274 e. The monoisotopic (exact) mass is 416 g/mol. The molecular formula is C23H24N6O2. The Bertz CT molecular complexity index is 1110. The minimum atomic E-state index is -0.369. The summed E-state index contributed by atoms with van der Waals surface area (Å²) in [4.78, 5) is 27.7. The minimum absolute atomic E-state index is 0.0769. The van der Waals surface area contributed by atoms with Crippen LogP contribution in [-0.4, -0.2) is 51.3 Å². The van der Waals surface area contributed by atoms with E-state index in [4.69, 9.17) is 0 Å². The van der Waals surface area contributed by atoms with Gasteiger partial charge in [-0.05, 0) is 23.1 Å². The van der Waals surface area contributed by atoms with E-state index in [2.05, 4.69) is 50.1 Å². The molecule has 31 heavy (non-hydrogen) atoms. The molecule has 0 saturated heterocycles. The number of fused-ring (bicyclic) bond motifs is 2. The predicted octanol–water partition coefficient (Wildman–Crippen LogP) is 1.55. The van der Waals surface area contributed by atoms with Gasteiger partial charge in [-0.15, -0.1) is 5.10 Å². The first-order valence-electron chi connectivity index (χ1n) is 10.6. The van der Waals surface area contributed by atoms with Crippen molar-refractivity contribution < 1.29 is 9.59 Å². The fourth-order valence-electron chi connectivity index (χ4n) is 4.29. The number of nitrogens with zero attached hydrogens (tertiary/aromatic N) is 4. The highest BCUT2D eigenvalue weighted by atomic mass is 16.2. The Labute approximate surface area is 180 Å². The first kappa shape index (κ1) is 19.4. The van der Waals surface area contributed by atoms with E-state index >= 15 is 0 Å². The van der Waals surface area contributed by atoms with Gasteiger partial charge in [0.15, 0.2) is 11.4 Å². The van der Waals surface area contributed by atoms with Crippen LogP contribution in [0.4, 0.5) is 0 Å². The van der Waals surface area contributed by atoms with Crippen molar-refractivity contribution in [2.24, 2.45) is 0 Å². The van der Waals surface area contributed by atoms with E-state index in [1.54, 1.807) is 0 Å². The Morgan fingerprint density at radius 2 is 1.87 bits per heavy atom. The molecule has 0 fully saturated rings. The van der Waals surface area contributed by atoms with E-state index in [0.717, 1.165) is 31.6 Å².